The standard InChI is InChI=1S/C16H19BrN4O/c1-4-11(3)20-16(22)14-8-19-15(9-18-14)21-12-6-5-10(2)13(17)7-12/h5-9,11H,4H2,1-3H3,(H,19,21)(H,20,22). The van der Waals surface area contributed by atoms with Crippen molar-refractivity contribution in [3.05, 3.63) is 46.3 Å². The van der Waals surface area contributed by atoms with Crippen LogP contribution in [0.2, 0.25) is 0 Å². The normalized spacial score (nSPS) is 11.8. The number of carbonyl (C=O) groups excluding carboxylic acids is 1. The van der Waals surface area contributed by atoms with Crippen LogP contribution in [0.25, 0.3) is 0 Å². The first-order chi connectivity index (χ1) is 10.5. The molecule has 1 amide bonds. The Bertz CT molecular complexity index is 658. The minimum absolute atomic E-state index is 0.122. The SMILES string of the molecule is CCC(C)NC(=O)c1cnc(Nc2ccc(C)c(Br)c2)cn1. The third-order valence-electron chi connectivity index (χ3n) is 3.32. The van der Waals surface area contributed by atoms with Crippen LogP contribution in [0, 0.1) is 6.92 Å². The fourth-order valence-corrected chi connectivity index (χ4v) is 2.11. The second-order valence-corrected chi connectivity index (χ2v) is 6.01. The van der Waals surface area contributed by atoms with Crippen LogP contribution in [-0.4, -0.2) is 21.9 Å². The molecule has 1 atom stereocenters. The summed E-state index contributed by atoms with van der Waals surface area (Å²) in [6.07, 6.45) is 3.91. The molecule has 6 heteroatoms. The second-order valence-electron chi connectivity index (χ2n) is 5.16. The van der Waals surface area contributed by atoms with Crippen molar-refractivity contribution in [1.29, 1.82) is 0 Å². The molecule has 1 unspecified atom stereocenters. The number of benzene rings is 1. The number of amides is 1. The molecule has 2 rings (SSSR count). The first-order valence-electron chi connectivity index (χ1n) is 7.15. The molecule has 0 aliphatic heterocycles. The van der Waals surface area contributed by atoms with Crippen molar-refractivity contribution in [2.24, 2.45) is 0 Å². The number of anilines is 2. The molecule has 1 heterocycles. The van der Waals surface area contributed by atoms with E-state index in [1.807, 2.05) is 39.0 Å². The van der Waals surface area contributed by atoms with Gasteiger partial charge in [-0.25, -0.2) is 9.97 Å². The molecule has 1 aromatic heterocycles. The Morgan fingerprint density at radius 2 is 2.09 bits per heavy atom. The van der Waals surface area contributed by atoms with E-state index in [1.54, 1.807) is 6.20 Å². The van der Waals surface area contributed by atoms with Gasteiger partial charge in [-0.2, -0.15) is 0 Å². The van der Waals surface area contributed by atoms with E-state index in [4.69, 9.17) is 0 Å². The van der Waals surface area contributed by atoms with E-state index in [2.05, 4.69) is 36.5 Å². The predicted molar refractivity (Wildman–Crippen MR) is 91.4 cm³/mol. The largest absolute Gasteiger partial charge is 0.348 e. The quantitative estimate of drug-likeness (QED) is 0.848. The van der Waals surface area contributed by atoms with Crippen LogP contribution in [0.1, 0.15) is 36.3 Å². The number of nitrogens with zero attached hydrogens (tertiary/aromatic N) is 2. The topological polar surface area (TPSA) is 66.9 Å². The van der Waals surface area contributed by atoms with Crippen molar-refractivity contribution in [2.45, 2.75) is 33.2 Å². The van der Waals surface area contributed by atoms with E-state index >= 15 is 0 Å². The summed E-state index contributed by atoms with van der Waals surface area (Å²) in [5.41, 5.74) is 2.38. The van der Waals surface area contributed by atoms with Gasteiger partial charge in [0.25, 0.3) is 5.91 Å². The molecule has 22 heavy (non-hydrogen) atoms. The highest BCUT2D eigenvalue weighted by Gasteiger charge is 2.10. The molecule has 5 nitrogen and oxygen atoms in total. The van der Waals surface area contributed by atoms with Gasteiger partial charge in [0.1, 0.15) is 11.5 Å². The first-order valence-corrected chi connectivity index (χ1v) is 7.95. The van der Waals surface area contributed by atoms with E-state index < -0.39 is 0 Å². The molecule has 2 aromatic rings. The van der Waals surface area contributed by atoms with Gasteiger partial charge in [0.05, 0.1) is 12.4 Å². The Morgan fingerprint density at radius 3 is 2.68 bits per heavy atom. The number of hydrogen-bond donors (Lipinski definition) is 2. The zero-order valence-corrected chi connectivity index (χ0v) is 14.4. The Labute approximate surface area is 138 Å². The lowest BCUT2D eigenvalue weighted by Crippen LogP contribution is -2.32. The van der Waals surface area contributed by atoms with Crippen LogP contribution in [0.3, 0.4) is 0 Å². The van der Waals surface area contributed by atoms with Gasteiger partial charge in [-0.1, -0.05) is 28.9 Å². The number of rotatable bonds is 5. The van der Waals surface area contributed by atoms with Gasteiger partial charge in [-0.15, -0.1) is 0 Å². The van der Waals surface area contributed by atoms with Crippen LogP contribution < -0.4 is 10.6 Å². The van der Waals surface area contributed by atoms with Crippen molar-refractivity contribution < 1.29 is 4.79 Å². The lowest BCUT2D eigenvalue weighted by molar-refractivity contribution is 0.0934. The van der Waals surface area contributed by atoms with Crippen molar-refractivity contribution in [2.75, 3.05) is 5.32 Å². The molecule has 0 saturated carbocycles. The highest BCUT2D eigenvalue weighted by Crippen LogP contribution is 2.22. The van der Waals surface area contributed by atoms with Gasteiger partial charge >= 0.3 is 0 Å². The number of hydrogen-bond acceptors (Lipinski definition) is 4. The Balaban J connectivity index is 2.05. The van der Waals surface area contributed by atoms with Crippen molar-refractivity contribution in [1.82, 2.24) is 15.3 Å². The summed E-state index contributed by atoms with van der Waals surface area (Å²) in [5, 5.41) is 6.02. The molecule has 0 aliphatic rings. The van der Waals surface area contributed by atoms with Crippen LogP contribution >= 0.6 is 15.9 Å². The zero-order chi connectivity index (χ0) is 16.1. The van der Waals surface area contributed by atoms with Gasteiger partial charge in [-0.05, 0) is 38.0 Å². The Hall–Kier alpha value is -1.95. The van der Waals surface area contributed by atoms with Crippen LogP contribution in [0.5, 0.6) is 0 Å². The van der Waals surface area contributed by atoms with Crippen LogP contribution in [-0.2, 0) is 0 Å². The fourth-order valence-electron chi connectivity index (χ4n) is 1.73. The summed E-state index contributed by atoms with van der Waals surface area (Å²) >= 11 is 3.49. The molecule has 0 spiro atoms. The molecular weight excluding hydrogens is 344 g/mol. The van der Waals surface area contributed by atoms with Gasteiger partial charge in [0.2, 0.25) is 0 Å². The van der Waals surface area contributed by atoms with E-state index in [-0.39, 0.29) is 11.9 Å². The Morgan fingerprint density at radius 1 is 1.32 bits per heavy atom. The summed E-state index contributed by atoms with van der Waals surface area (Å²) in [6.45, 7) is 6.00. The second kappa shape index (κ2) is 7.35. The third-order valence-corrected chi connectivity index (χ3v) is 4.17. The summed E-state index contributed by atoms with van der Waals surface area (Å²) in [6, 6.07) is 6.07. The minimum Gasteiger partial charge on any atom is -0.348 e. The number of halogens is 1. The van der Waals surface area contributed by atoms with E-state index in [9.17, 15) is 4.79 Å². The maximum absolute atomic E-state index is 11.9. The molecule has 116 valence electrons. The van der Waals surface area contributed by atoms with Crippen LogP contribution in [0.4, 0.5) is 11.5 Å². The highest BCUT2D eigenvalue weighted by atomic mass is 79.9. The maximum Gasteiger partial charge on any atom is 0.271 e. The molecule has 2 N–H and O–H groups in total. The fraction of sp³-hybridized carbons (Fsp3) is 0.312. The molecule has 0 saturated heterocycles. The van der Waals surface area contributed by atoms with Crippen LogP contribution in [0.15, 0.2) is 35.1 Å². The lowest BCUT2D eigenvalue weighted by Gasteiger charge is -2.11. The maximum atomic E-state index is 11.9. The summed E-state index contributed by atoms with van der Waals surface area (Å²) in [5.74, 6) is 0.391. The average molecular weight is 363 g/mol. The van der Waals surface area contributed by atoms with E-state index in [1.165, 1.54) is 6.20 Å². The van der Waals surface area contributed by atoms with Crippen molar-refractivity contribution in [3.63, 3.8) is 0 Å². The first kappa shape index (κ1) is 16.4. The molecular formula is C16H19BrN4O. The molecule has 0 fully saturated rings. The van der Waals surface area contributed by atoms with Gasteiger partial charge in [0.15, 0.2) is 0 Å². The zero-order valence-electron chi connectivity index (χ0n) is 12.9. The number of aromatic nitrogens is 2. The lowest BCUT2D eigenvalue weighted by atomic mass is 10.2. The van der Waals surface area contributed by atoms with E-state index in [0.29, 0.717) is 11.5 Å². The van der Waals surface area contributed by atoms with Gasteiger partial charge < -0.3 is 10.6 Å². The predicted octanol–water partition coefficient (Wildman–Crippen LogP) is 3.82. The average Bonchev–Trinajstić information content (AvgIpc) is 2.51. The third kappa shape index (κ3) is 4.27. The highest BCUT2D eigenvalue weighted by molar-refractivity contribution is 9.10. The van der Waals surface area contributed by atoms with Crippen molar-refractivity contribution >= 4 is 33.3 Å². The summed E-state index contributed by atoms with van der Waals surface area (Å²) in [7, 11) is 0. The smallest absolute Gasteiger partial charge is 0.271 e. The number of aryl methyl sites for hydroxylation is 1. The van der Waals surface area contributed by atoms with E-state index in [0.717, 1.165) is 22.1 Å². The Kier molecular flexibility index (Phi) is 5.49. The van der Waals surface area contributed by atoms with Crippen molar-refractivity contribution in [3.8, 4) is 0 Å². The summed E-state index contributed by atoms with van der Waals surface area (Å²) in [4.78, 5) is 20.3. The molecule has 0 bridgehead atoms. The number of nitrogens with one attached hydrogen (secondary N) is 2. The molecule has 0 radical (unpaired) electrons. The molecule has 1 aromatic carbocycles. The summed E-state index contributed by atoms with van der Waals surface area (Å²) < 4.78 is 1.02. The molecule has 0 aliphatic carbocycles. The van der Waals surface area contributed by atoms with Gasteiger partial charge in [0, 0.05) is 16.2 Å². The number of carbonyl (C=O) groups is 1. The minimum atomic E-state index is -0.202. The monoisotopic (exact) mass is 362 g/mol. The van der Waals surface area contributed by atoms with Gasteiger partial charge in [-0.3, -0.25) is 4.79 Å².